The van der Waals surface area contributed by atoms with Gasteiger partial charge in [-0.25, -0.2) is 4.39 Å². The number of likely N-dealkylation sites (tertiary alicyclic amines) is 1. The zero-order valence-corrected chi connectivity index (χ0v) is 23.8. The molecule has 1 N–H and O–H groups in total. The van der Waals surface area contributed by atoms with Crippen LogP contribution in [0.1, 0.15) is 63.0 Å². The zero-order chi connectivity index (χ0) is 28.2. The third-order valence-corrected chi connectivity index (χ3v) is 8.18. The normalized spacial score (nSPS) is 16.7. The maximum absolute atomic E-state index is 13.9. The summed E-state index contributed by atoms with van der Waals surface area (Å²) in [5.74, 6) is 0.156. The van der Waals surface area contributed by atoms with Crippen LogP contribution in [0, 0.1) is 17.7 Å². The highest BCUT2D eigenvalue weighted by atomic mass is 19.1. The minimum absolute atomic E-state index is 0.0305. The molecule has 3 aromatic carbocycles. The molecule has 0 radical (unpaired) electrons. The van der Waals surface area contributed by atoms with Gasteiger partial charge in [0.25, 0.3) is 0 Å². The van der Waals surface area contributed by atoms with Crippen LogP contribution in [0.3, 0.4) is 0 Å². The van der Waals surface area contributed by atoms with Crippen molar-refractivity contribution in [3.8, 4) is 11.1 Å². The molecule has 1 fully saturated rings. The topological polar surface area (TPSA) is 49.8 Å². The van der Waals surface area contributed by atoms with E-state index >= 15 is 0 Å². The number of amides is 1. The molecule has 1 aliphatic rings. The first-order valence-electron chi connectivity index (χ1n) is 14.9. The summed E-state index contributed by atoms with van der Waals surface area (Å²) < 4.78 is 19.5. The van der Waals surface area contributed by atoms with Gasteiger partial charge in [0, 0.05) is 19.1 Å². The molecular formula is C35H44FNO3. The molecule has 40 heavy (non-hydrogen) atoms. The van der Waals surface area contributed by atoms with E-state index in [9.17, 15) is 14.3 Å². The Labute approximate surface area is 239 Å². The van der Waals surface area contributed by atoms with Gasteiger partial charge < -0.3 is 14.7 Å². The van der Waals surface area contributed by atoms with Crippen LogP contribution in [0.5, 0.6) is 0 Å². The van der Waals surface area contributed by atoms with Crippen LogP contribution in [0.25, 0.3) is 11.1 Å². The molecule has 1 aliphatic heterocycles. The number of carbonyl (C=O) groups excluding carboxylic acids is 1. The molecule has 214 valence electrons. The molecule has 1 saturated heterocycles. The average Bonchev–Trinajstić information content (AvgIpc) is 3.48. The van der Waals surface area contributed by atoms with Gasteiger partial charge in [-0.1, -0.05) is 86.5 Å². The predicted octanol–water partition coefficient (Wildman–Crippen LogP) is 7.44. The fraction of sp³-hybridized carbons (Fsp3) is 0.457. The fourth-order valence-electron chi connectivity index (χ4n) is 5.82. The molecule has 0 spiro atoms. The summed E-state index contributed by atoms with van der Waals surface area (Å²) in [6, 6.07) is 25.1. The van der Waals surface area contributed by atoms with Crippen molar-refractivity contribution in [1.29, 1.82) is 0 Å². The number of ether oxygens (including phenoxy) is 1. The molecular weight excluding hydrogens is 501 g/mol. The van der Waals surface area contributed by atoms with Crippen LogP contribution >= 0.6 is 0 Å². The van der Waals surface area contributed by atoms with E-state index < -0.39 is 0 Å². The maximum atomic E-state index is 13.9. The average molecular weight is 546 g/mol. The van der Waals surface area contributed by atoms with Crippen molar-refractivity contribution < 1.29 is 19.0 Å². The number of carbonyl (C=O) groups is 1. The van der Waals surface area contributed by atoms with E-state index in [0.717, 1.165) is 74.6 Å². The Balaban J connectivity index is 1.43. The van der Waals surface area contributed by atoms with E-state index in [2.05, 4.69) is 43.3 Å². The molecule has 3 atom stereocenters. The number of rotatable bonds is 15. The van der Waals surface area contributed by atoms with Gasteiger partial charge in [0.1, 0.15) is 5.82 Å². The summed E-state index contributed by atoms with van der Waals surface area (Å²) in [7, 11) is 0. The molecule has 1 heterocycles. The second-order valence-electron chi connectivity index (χ2n) is 11.2. The maximum Gasteiger partial charge on any atom is 0.226 e. The zero-order valence-electron chi connectivity index (χ0n) is 23.8. The van der Waals surface area contributed by atoms with Crippen molar-refractivity contribution in [3.63, 3.8) is 0 Å². The van der Waals surface area contributed by atoms with Crippen LogP contribution in [0.4, 0.5) is 4.39 Å². The lowest BCUT2D eigenvalue weighted by Gasteiger charge is -2.30. The highest BCUT2D eigenvalue weighted by molar-refractivity contribution is 5.79. The highest BCUT2D eigenvalue weighted by Gasteiger charge is 2.33. The van der Waals surface area contributed by atoms with Crippen molar-refractivity contribution in [1.82, 2.24) is 4.90 Å². The summed E-state index contributed by atoms with van der Waals surface area (Å²) in [5.41, 5.74) is 4.39. The number of hydrogen-bond donors (Lipinski definition) is 1. The number of benzene rings is 3. The van der Waals surface area contributed by atoms with E-state index in [1.54, 1.807) is 12.1 Å². The van der Waals surface area contributed by atoms with Gasteiger partial charge in [0.15, 0.2) is 0 Å². The summed E-state index contributed by atoms with van der Waals surface area (Å²) in [5, 5.41) is 9.90. The third kappa shape index (κ3) is 8.74. The Morgan fingerprint density at radius 2 is 1.68 bits per heavy atom. The van der Waals surface area contributed by atoms with Crippen LogP contribution in [0.15, 0.2) is 78.9 Å². The standard InChI is InChI=1S/C35H44FNO3/c1-2-3-8-29(26-40-25-28-9-5-4-6-10-28)23-32(35(39)37-22-7-11-34(37)24-38)17-14-27-12-15-30(16-13-27)31-18-20-33(36)21-19-31/h4-6,9-10,12-13,15-16,18-21,29,32,34,38H,2-3,7-8,11,14,17,22-26H2,1H3/t29-,32+,34-/m0/s1. The second kappa shape index (κ2) is 15.7. The van der Waals surface area contributed by atoms with Gasteiger partial charge in [-0.3, -0.25) is 4.79 Å². The number of halogens is 1. The first-order valence-corrected chi connectivity index (χ1v) is 14.9. The number of aliphatic hydroxyl groups excluding tert-OH is 1. The van der Waals surface area contributed by atoms with Gasteiger partial charge in [-0.2, -0.15) is 0 Å². The number of unbranched alkanes of at least 4 members (excludes halogenated alkanes) is 1. The van der Waals surface area contributed by atoms with Crippen molar-refractivity contribution >= 4 is 5.91 Å². The van der Waals surface area contributed by atoms with Crippen molar-refractivity contribution in [2.75, 3.05) is 19.8 Å². The second-order valence-corrected chi connectivity index (χ2v) is 11.2. The first-order chi connectivity index (χ1) is 19.6. The number of aryl methyl sites for hydroxylation is 1. The summed E-state index contributed by atoms with van der Waals surface area (Å²) in [4.78, 5) is 15.8. The summed E-state index contributed by atoms with van der Waals surface area (Å²) >= 11 is 0. The number of hydrogen-bond acceptors (Lipinski definition) is 3. The minimum atomic E-state index is -0.236. The van der Waals surface area contributed by atoms with Crippen LogP contribution in [0.2, 0.25) is 0 Å². The monoisotopic (exact) mass is 545 g/mol. The smallest absolute Gasteiger partial charge is 0.226 e. The van der Waals surface area contributed by atoms with E-state index in [-0.39, 0.29) is 30.3 Å². The number of aliphatic hydroxyl groups is 1. The van der Waals surface area contributed by atoms with Gasteiger partial charge in [0.05, 0.1) is 19.3 Å². The lowest BCUT2D eigenvalue weighted by atomic mass is 9.86. The quantitative estimate of drug-likeness (QED) is 0.216. The summed E-state index contributed by atoms with van der Waals surface area (Å²) in [6.07, 6.45) is 7.49. The van der Waals surface area contributed by atoms with E-state index in [1.807, 2.05) is 23.1 Å². The Morgan fingerprint density at radius 1 is 0.975 bits per heavy atom. The van der Waals surface area contributed by atoms with Gasteiger partial charge in [-0.15, -0.1) is 0 Å². The first kappa shape index (κ1) is 30.0. The Bertz CT molecular complexity index is 1150. The molecule has 3 aromatic rings. The molecule has 1 amide bonds. The summed E-state index contributed by atoms with van der Waals surface area (Å²) in [6.45, 7) is 4.20. The van der Waals surface area contributed by atoms with Crippen molar-refractivity contribution in [2.24, 2.45) is 11.8 Å². The van der Waals surface area contributed by atoms with Gasteiger partial charge >= 0.3 is 0 Å². The predicted molar refractivity (Wildman–Crippen MR) is 159 cm³/mol. The van der Waals surface area contributed by atoms with Crippen LogP contribution in [-0.4, -0.2) is 41.7 Å². The van der Waals surface area contributed by atoms with Crippen LogP contribution in [-0.2, 0) is 22.6 Å². The molecule has 4 nitrogen and oxygen atoms in total. The fourth-order valence-corrected chi connectivity index (χ4v) is 5.82. The van der Waals surface area contributed by atoms with Gasteiger partial charge in [0.2, 0.25) is 5.91 Å². The highest BCUT2D eigenvalue weighted by Crippen LogP contribution is 2.29. The molecule has 5 heteroatoms. The van der Waals surface area contributed by atoms with E-state index in [1.165, 1.54) is 17.7 Å². The SMILES string of the molecule is CCCC[C@H](COCc1ccccc1)C[C@@H](CCc1ccc(-c2ccc(F)cc2)cc1)C(=O)N1CCC[C@H]1CO. The molecule has 4 rings (SSSR count). The van der Waals surface area contributed by atoms with Crippen molar-refractivity contribution in [2.45, 2.75) is 70.9 Å². The Hall–Kier alpha value is -3.02. The van der Waals surface area contributed by atoms with Gasteiger partial charge in [-0.05, 0) is 78.8 Å². The van der Waals surface area contributed by atoms with E-state index in [0.29, 0.717) is 19.1 Å². The Morgan fingerprint density at radius 3 is 2.35 bits per heavy atom. The molecule has 0 saturated carbocycles. The molecule has 0 bridgehead atoms. The third-order valence-electron chi connectivity index (χ3n) is 8.18. The lowest BCUT2D eigenvalue weighted by molar-refractivity contribution is -0.138. The van der Waals surface area contributed by atoms with Crippen LogP contribution < -0.4 is 0 Å². The molecule has 0 aromatic heterocycles. The minimum Gasteiger partial charge on any atom is -0.394 e. The number of nitrogens with zero attached hydrogens (tertiary/aromatic N) is 1. The Kier molecular flexibility index (Phi) is 11.7. The molecule has 0 aliphatic carbocycles. The van der Waals surface area contributed by atoms with Crippen molar-refractivity contribution in [3.05, 3.63) is 95.8 Å². The molecule has 0 unspecified atom stereocenters. The lowest BCUT2D eigenvalue weighted by Crippen LogP contribution is -2.42. The van der Waals surface area contributed by atoms with E-state index in [4.69, 9.17) is 4.74 Å². The largest absolute Gasteiger partial charge is 0.394 e.